The molecule has 0 unspecified atom stereocenters. The van der Waals surface area contributed by atoms with E-state index in [0.717, 1.165) is 41.5 Å². The number of nitrogens with one attached hydrogen (secondary N) is 1. The molecule has 3 aromatic rings. The molecule has 3 aliphatic heterocycles. The van der Waals surface area contributed by atoms with Gasteiger partial charge in [0.25, 0.3) is 0 Å². The van der Waals surface area contributed by atoms with Gasteiger partial charge in [-0.2, -0.15) is 9.78 Å². The normalized spacial score (nSPS) is 19.6. The van der Waals surface area contributed by atoms with Gasteiger partial charge in [0.05, 0.1) is 18.9 Å². The molecule has 1 amide bonds. The Balaban J connectivity index is 1.37. The van der Waals surface area contributed by atoms with E-state index < -0.39 is 0 Å². The van der Waals surface area contributed by atoms with Crippen molar-refractivity contribution in [2.45, 2.75) is 19.3 Å². The van der Waals surface area contributed by atoms with Crippen LogP contribution in [-0.4, -0.2) is 59.0 Å². The van der Waals surface area contributed by atoms with E-state index in [1.54, 1.807) is 4.68 Å². The fraction of sp³-hybridized carbons (Fsp3) is 0.364. The van der Waals surface area contributed by atoms with Crippen LogP contribution in [0, 0.1) is 6.92 Å². The zero-order valence-corrected chi connectivity index (χ0v) is 17.6. The molecule has 32 heavy (non-hydrogen) atoms. The minimum Gasteiger partial charge on any atom is -0.454 e. The minimum absolute atomic E-state index is 0.0702. The summed E-state index contributed by atoms with van der Waals surface area (Å²) in [5, 5.41) is 16.5. The predicted molar refractivity (Wildman–Crippen MR) is 115 cm³/mol. The molecule has 3 aliphatic rings. The summed E-state index contributed by atoms with van der Waals surface area (Å²) in [5.74, 6) is 3.20. The number of benzene rings is 1. The maximum atomic E-state index is 12.6. The summed E-state index contributed by atoms with van der Waals surface area (Å²) in [6, 6.07) is 9.62. The Morgan fingerprint density at radius 3 is 2.62 bits per heavy atom. The quantitative estimate of drug-likeness (QED) is 0.668. The number of aromatic nitrogens is 4. The van der Waals surface area contributed by atoms with Crippen LogP contribution in [0.2, 0.25) is 0 Å². The number of amides is 1. The number of morpholine rings is 1. The average Bonchev–Trinajstić information content (AvgIpc) is 3.43. The van der Waals surface area contributed by atoms with Gasteiger partial charge in [-0.25, -0.2) is 0 Å². The van der Waals surface area contributed by atoms with Crippen LogP contribution in [0.25, 0.3) is 5.82 Å². The number of hydrogen-bond acceptors (Lipinski definition) is 8. The summed E-state index contributed by atoms with van der Waals surface area (Å²) in [4.78, 5) is 14.8. The molecule has 1 aromatic carbocycles. The Labute approximate surface area is 184 Å². The third-order valence-electron chi connectivity index (χ3n) is 6.09. The Bertz CT molecular complexity index is 1190. The van der Waals surface area contributed by atoms with Crippen molar-refractivity contribution in [1.29, 1.82) is 0 Å². The lowest BCUT2D eigenvalue weighted by atomic mass is 9.85. The molecule has 1 saturated heterocycles. The van der Waals surface area contributed by atoms with Crippen LogP contribution in [-0.2, 0) is 9.53 Å². The van der Waals surface area contributed by atoms with Gasteiger partial charge in [-0.05, 0) is 36.8 Å². The maximum Gasteiger partial charge on any atom is 0.231 e. The molecule has 10 heteroatoms. The average molecular weight is 434 g/mol. The summed E-state index contributed by atoms with van der Waals surface area (Å²) in [6.45, 7) is 5.11. The monoisotopic (exact) mass is 434 g/mol. The van der Waals surface area contributed by atoms with E-state index in [4.69, 9.17) is 19.3 Å². The van der Waals surface area contributed by atoms with E-state index in [9.17, 15) is 4.79 Å². The summed E-state index contributed by atoms with van der Waals surface area (Å²) in [7, 11) is 0. The molecule has 0 spiro atoms. The molecule has 1 fully saturated rings. The minimum atomic E-state index is -0.136. The predicted octanol–water partition coefficient (Wildman–Crippen LogP) is 2.01. The van der Waals surface area contributed by atoms with Crippen molar-refractivity contribution in [1.82, 2.24) is 20.0 Å². The summed E-state index contributed by atoms with van der Waals surface area (Å²) in [6.07, 6.45) is 0.334. The van der Waals surface area contributed by atoms with Gasteiger partial charge in [0, 0.05) is 31.0 Å². The second-order valence-corrected chi connectivity index (χ2v) is 8.03. The molecule has 0 bridgehead atoms. The second-order valence-electron chi connectivity index (χ2n) is 8.03. The summed E-state index contributed by atoms with van der Waals surface area (Å²) in [5.41, 5.74) is 2.80. The van der Waals surface area contributed by atoms with Crippen LogP contribution in [0.1, 0.15) is 29.2 Å². The summed E-state index contributed by atoms with van der Waals surface area (Å²) < 4.78 is 18.0. The summed E-state index contributed by atoms with van der Waals surface area (Å²) >= 11 is 0. The number of ether oxygens (including phenoxy) is 3. The Morgan fingerprint density at radius 1 is 1.03 bits per heavy atom. The highest BCUT2D eigenvalue weighted by molar-refractivity contribution is 5.95. The van der Waals surface area contributed by atoms with Gasteiger partial charge in [0.1, 0.15) is 5.82 Å². The maximum absolute atomic E-state index is 12.6. The number of fused-ring (bicyclic) bond motifs is 2. The molecule has 1 atom stereocenters. The van der Waals surface area contributed by atoms with E-state index in [-0.39, 0.29) is 18.6 Å². The molecule has 0 aliphatic carbocycles. The van der Waals surface area contributed by atoms with Crippen molar-refractivity contribution in [3.63, 3.8) is 0 Å². The van der Waals surface area contributed by atoms with Gasteiger partial charge in [0.2, 0.25) is 12.7 Å². The van der Waals surface area contributed by atoms with Crippen LogP contribution in [0.3, 0.4) is 0 Å². The van der Waals surface area contributed by atoms with Gasteiger partial charge in [0.15, 0.2) is 23.1 Å². The van der Waals surface area contributed by atoms with Gasteiger partial charge >= 0.3 is 0 Å². The van der Waals surface area contributed by atoms with Crippen LogP contribution in [0.4, 0.5) is 11.6 Å². The Kier molecular flexibility index (Phi) is 4.46. The second kappa shape index (κ2) is 7.49. The number of aryl methyl sites for hydroxylation is 1. The topological polar surface area (TPSA) is 104 Å². The largest absolute Gasteiger partial charge is 0.454 e. The van der Waals surface area contributed by atoms with Crippen molar-refractivity contribution in [3.8, 4) is 17.3 Å². The van der Waals surface area contributed by atoms with E-state index in [0.29, 0.717) is 37.0 Å². The zero-order valence-electron chi connectivity index (χ0n) is 17.6. The SMILES string of the molecule is Cc1nn(-c2ccc(N3CCOCC3)nn2)c2c1[C@H](c1ccc3c(c1)OCO3)CC(=O)N2. The first kappa shape index (κ1) is 19.1. The fourth-order valence-corrected chi connectivity index (χ4v) is 4.52. The van der Waals surface area contributed by atoms with E-state index in [2.05, 4.69) is 20.4 Å². The van der Waals surface area contributed by atoms with E-state index >= 15 is 0 Å². The van der Waals surface area contributed by atoms with Crippen LogP contribution in [0.15, 0.2) is 30.3 Å². The Hall–Kier alpha value is -3.66. The van der Waals surface area contributed by atoms with Crippen molar-refractivity contribution < 1.29 is 19.0 Å². The smallest absolute Gasteiger partial charge is 0.231 e. The van der Waals surface area contributed by atoms with Crippen LogP contribution < -0.4 is 19.7 Å². The number of carbonyl (C=O) groups excluding carboxylic acids is 1. The highest BCUT2D eigenvalue weighted by Crippen LogP contribution is 2.43. The molecule has 5 heterocycles. The molecule has 164 valence electrons. The highest BCUT2D eigenvalue weighted by Gasteiger charge is 2.33. The number of carbonyl (C=O) groups is 1. The fourth-order valence-electron chi connectivity index (χ4n) is 4.52. The van der Waals surface area contributed by atoms with Gasteiger partial charge in [-0.1, -0.05) is 6.07 Å². The number of anilines is 2. The first-order valence-corrected chi connectivity index (χ1v) is 10.6. The van der Waals surface area contributed by atoms with E-state index in [1.165, 1.54) is 0 Å². The highest BCUT2D eigenvalue weighted by atomic mass is 16.7. The third kappa shape index (κ3) is 3.14. The number of hydrogen-bond donors (Lipinski definition) is 1. The number of nitrogens with zero attached hydrogens (tertiary/aromatic N) is 5. The Morgan fingerprint density at radius 2 is 1.81 bits per heavy atom. The molecule has 2 aromatic heterocycles. The lowest BCUT2D eigenvalue weighted by Crippen LogP contribution is -2.36. The first-order chi connectivity index (χ1) is 15.7. The molecule has 6 rings (SSSR count). The van der Waals surface area contributed by atoms with Crippen molar-refractivity contribution in [2.75, 3.05) is 43.3 Å². The first-order valence-electron chi connectivity index (χ1n) is 10.6. The van der Waals surface area contributed by atoms with Gasteiger partial charge in [-0.3, -0.25) is 4.79 Å². The molecule has 0 radical (unpaired) electrons. The standard InChI is InChI=1S/C22H22N6O4/c1-13-21-15(14-2-3-16-17(10-14)32-12-31-16)11-20(29)23-22(21)28(26-13)19-5-4-18(24-25-19)27-6-8-30-9-7-27/h2-5,10,15H,6-9,11-12H2,1H3,(H,23,29)/t15-/m0/s1. The van der Waals surface area contributed by atoms with Crippen molar-refractivity contribution in [3.05, 3.63) is 47.2 Å². The van der Waals surface area contributed by atoms with Crippen LogP contribution >= 0.6 is 0 Å². The van der Waals surface area contributed by atoms with E-state index in [1.807, 2.05) is 37.3 Å². The van der Waals surface area contributed by atoms with Gasteiger partial charge in [-0.15, -0.1) is 10.2 Å². The third-order valence-corrected chi connectivity index (χ3v) is 6.09. The van der Waals surface area contributed by atoms with Gasteiger partial charge < -0.3 is 24.4 Å². The molecule has 10 nitrogen and oxygen atoms in total. The number of rotatable bonds is 3. The molecule has 0 saturated carbocycles. The molecular formula is C22H22N6O4. The lowest BCUT2D eigenvalue weighted by molar-refractivity contribution is -0.116. The van der Waals surface area contributed by atoms with Crippen LogP contribution in [0.5, 0.6) is 11.5 Å². The lowest BCUT2D eigenvalue weighted by Gasteiger charge is -2.27. The molecule has 1 N–H and O–H groups in total. The van der Waals surface area contributed by atoms with Crippen molar-refractivity contribution in [2.24, 2.45) is 0 Å². The van der Waals surface area contributed by atoms with Crippen molar-refractivity contribution >= 4 is 17.5 Å². The zero-order chi connectivity index (χ0) is 21.7. The molecular weight excluding hydrogens is 412 g/mol.